The quantitative estimate of drug-likeness (QED) is 0.184. The fraction of sp³-hybridized carbons (Fsp3) is 0.0196. The molecule has 4 nitrogen and oxygen atoms in total. The topological polar surface area (TPSA) is 48.2 Å². The third-order valence-electron chi connectivity index (χ3n) is 11.6. The molecule has 0 bridgehead atoms. The lowest BCUT2D eigenvalue weighted by atomic mass is 9.65. The van der Waals surface area contributed by atoms with Gasteiger partial charge in [0.05, 0.1) is 16.6 Å². The summed E-state index contributed by atoms with van der Waals surface area (Å²) in [7, 11) is 0. The highest BCUT2D eigenvalue weighted by Crippen LogP contribution is 2.63. The van der Waals surface area contributed by atoms with E-state index in [1.165, 1.54) is 22.3 Å². The van der Waals surface area contributed by atoms with Crippen LogP contribution >= 0.6 is 0 Å². The number of benzene rings is 8. The molecule has 1 aliphatic carbocycles. The standard InChI is InChI=1S/C51H30N2O2/c1-4-20-40-34(15-1)36-18-12-19-38(48(36)51(40)41-21-5-9-25-46(41)55-47-26-10-6-22-42(47)51)50-52-43-23-7-2-17-37(43)49(53-50)33-14-11-13-31(29-33)32-27-28-45-39(30-32)35-16-3-8-24-44(35)54-45/h1-30H. The number of hydrogen-bond acceptors (Lipinski definition) is 4. The highest BCUT2D eigenvalue weighted by molar-refractivity contribution is 6.06. The van der Waals surface area contributed by atoms with E-state index in [4.69, 9.17) is 19.1 Å². The van der Waals surface area contributed by atoms with Crippen molar-refractivity contribution in [2.45, 2.75) is 5.41 Å². The molecule has 8 aromatic carbocycles. The molecule has 256 valence electrons. The van der Waals surface area contributed by atoms with Gasteiger partial charge in [0, 0.05) is 38.4 Å². The van der Waals surface area contributed by atoms with Crippen LogP contribution in [0, 0.1) is 0 Å². The van der Waals surface area contributed by atoms with Crippen molar-refractivity contribution in [3.05, 3.63) is 204 Å². The fourth-order valence-corrected chi connectivity index (χ4v) is 9.27. The van der Waals surface area contributed by atoms with Gasteiger partial charge < -0.3 is 9.15 Å². The van der Waals surface area contributed by atoms with Crippen LogP contribution < -0.4 is 4.74 Å². The number of ether oxygens (including phenoxy) is 1. The summed E-state index contributed by atoms with van der Waals surface area (Å²) < 4.78 is 12.8. The number of furan rings is 1. The van der Waals surface area contributed by atoms with Gasteiger partial charge >= 0.3 is 0 Å². The van der Waals surface area contributed by atoms with Crippen molar-refractivity contribution in [1.82, 2.24) is 9.97 Å². The highest BCUT2D eigenvalue weighted by Gasteiger charge is 2.52. The predicted octanol–water partition coefficient (Wildman–Crippen LogP) is 13.0. The number of para-hydroxylation sites is 4. The maximum atomic E-state index is 6.63. The number of nitrogens with zero attached hydrogens (tertiary/aromatic N) is 2. The van der Waals surface area contributed by atoms with Gasteiger partial charge in [-0.2, -0.15) is 0 Å². The highest BCUT2D eigenvalue weighted by atomic mass is 16.5. The molecule has 12 rings (SSSR count). The van der Waals surface area contributed by atoms with E-state index in [1.807, 2.05) is 12.1 Å². The first-order chi connectivity index (χ1) is 27.3. The second-order valence-electron chi connectivity index (χ2n) is 14.4. The Labute approximate surface area is 317 Å². The van der Waals surface area contributed by atoms with E-state index in [-0.39, 0.29) is 0 Å². The molecular weight excluding hydrogens is 673 g/mol. The predicted molar refractivity (Wildman–Crippen MR) is 221 cm³/mol. The monoisotopic (exact) mass is 702 g/mol. The van der Waals surface area contributed by atoms with Gasteiger partial charge in [0.25, 0.3) is 0 Å². The van der Waals surface area contributed by atoms with Gasteiger partial charge in [0.1, 0.15) is 22.7 Å². The Bertz CT molecular complexity index is 3170. The van der Waals surface area contributed by atoms with Gasteiger partial charge in [-0.05, 0) is 75.8 Å². The summed E-state index contributed by atoms with van der Waals surface area (Å²) in [6.07, 6.45) is 0. The number of aromatic nitrogens is 2. The zero-order valence-corrected chi connectivity index (χ0v) is 29.5. The molecule has 0 fully saturated rings. The Hall–Kier alpha value is -7.30. The van der Waals surface area contributed by atoms with Crippen molar-refractivity contribution in [1.29, 1.82) is 0 Å². The number of fused-ring (bicyclic) bond motifs is 13. The van der Waals surface area contributed by atoms with Gasteiger partial charge in [-0.25, -0.2) is 9.97 Å². The van der Waals surface area contributed by atoms with Gasteiger partial charge in [0.15, 0.2) is 5.82 Å². The smallest absolute Gasteiger partial charge is 0.160 e. The molecule has 4 heteroatoms. The fourth-order valence-electron chi connectivity index (χ4n) is 9.27. The molecule has 55 heavy (non-hydrogen) atoms. The van der Waals surface area contributed by atoms with E-state index in [2.05, 4.69) is 170 Å². The van der Waals surface area contributed by atoms with E-state index in [1.54, 1.807) is 0 Å². The molecule has 1 spiro atoms. The van der Waals surface area contributed by atoms with Crippen LogP contribution in [-0.4, -0.2) is 9.97 Å². The van der Waals surface area contributed by atoms with E-state index >= 15 is 0 Å². The van der Waals surface area contributed by atoms with Crippen LogP contribution in [0.15, 0.2) is 186 Å². The Kier molecular flexibility index (Phi) is 6.23. The Morgan fingerprint density at radius 3 is 1.87 bits per heavy atom. The van der Waals surface area contributed by atoms with Crippen molar-refractivity contribution in [2.75, 3.05) is 0 Å². The normalized spacial score (nSPS) is 13.4. The van der Waals surface area contributed by atoms with Crippen LogP contribution in [0.1, 0.15) is 22.3 Å². The van der Waals surface area contributed by atoms with Crippen LogP contribution in [0.4, 0.5) is 0 Å². The summed E-state index contributed by atoms with van der Waals surface area (Å²) in [5.41, 5.74) is 14.2. The van der Waals surface area contributed by atoms with E-state index in [0.29, 0.717) is 5.82 Å². The molecule has 0 unspecified atom stereocenters. The molecule has 0 radical (unpaired) electrons. The lowest BCUT2D eigenvalue weighted by Crippen LogP contribution is -2.32. The summed E-state index contributed by atoms with van der Waals surface area (Å²) in [6.45, 7) is 0. The van der Waals surface area contributed by atoms with Crippen molar-refractivity contribution < 1.29 is 9.15 Å². The molecule has 0 saturated heterocycles. The largest absolute Gasteiger partial charge is 0.457 e. The molecule has 2 aliphatic rings. The molecule has 0 saturated carbocycles. The van der Waals surface area contributed by atoms with Crippen LogP contribution in [0.3, 0.4) is 0 Å². The van der Waals surface area contributed by atoms with E-state index in [0.717, 1.165) is 83.4 Å². The first-order valence-electron chi connectivity index (χ1n) is 18.7. The summed E-state index contributed by atoms with van der Waals surface area (Å²) in [6, 6.07) is 64.1. The molecule has 10 aromatic rings. The van der Waals surface area contributed by atoms with Gasteiger partial charge in [-0.1, -0.05) is 140 Å². The second-order valence-corrected chi connectivity index (χ2v) is 14.4. The third kappa shape index (κ3) is 4.22. The minimum atomic E-state index is -0.640. The summed E-state index contributed by atoms with van der Waals surface area (Å²) in [4.78, 5) is 10.9. The lowest BCUT2D eigenvalue weighted by molar-refractivity contribution is 0.436. The molecule has 0 atom stereocenters. The van der Waals surface area contributed by atoms with Crippen LogP contribution in [-0.2, 0) is 5.41 Å². The van der Waals surface area contributed by atoms with Crippen LogP contribution in [0.5, 0.6) is 11.5 Å². The first kappa shape index (κ1) is 30.2. The zero-order valence-electron chi connectivity index (χ0n) is 29.5. The Morgan fingerprint density at radius 1 is 0.400 bits per heavy atom. The Morgan fingerprint density at radius 2 is 1.02 bits per heavy atom. The maximum Gasteiger partial charge on any atom is 0.160 e. The van der Waals surface area contributed by atoms with E-state index in [9.17, 15) is 0 Å². The minimum absolute atomic E-state index is 0.640. The lowest BCUT2D eigenvalue weighted by Gasteiger charge is -2.40. The van der Waals surface area contributed by atoms with Crippen molar-refractivity contribution in [3.63, 3.8) is 0 Å². The summed E-state index contributed by atoms with van der Waals surface area (Å²) >= 11 is 0. The SMILES string of the molecule is c1cc(-c2ccc3oc4ccccc4c3c2)cc(-c2nc(-c3cccc4c3C3(c5ccccc5Oc5ccccc53)c3ccccc3-4)nc3ccccc23)c1. The molecule has 2 aromatic heterocycles. The zero-order chi connectivity index (χ0) is 36.1. The number of hydrogen-bond donors (Lipinski definition) is 0. The Balaban J connectivity index is 1.10. The molecular formula is C51H30N2O2. The number of rotatable bonds is 3. The molecule has 3 heterocycles. The van der Waals surface area contributed by atoms with Gasteiger partial charge in [-0.15, -0.1) is 0 Å². The summed E-state index contributed by atoms with van der Waals surface area (Å²) in [5.74, 6) is 2.41. The first-order valence-corrected chi connectivity index (χ1v) is 18.7. The maximum absolute atomic E-state index is 6.63. The molecule has 1 aliphatic heterocycles. The third-order valence-corrected chi connectivity index (χ3v) is 11.6. The average molecular weight is 703 g/mol. The second kappa shape index (κ2) is 11.3. The van der Waals surface area contributed by atoms with Gasteiger partial charge in [0.2, 0.25) is 0 Å². The average Bonchev–Trinajstić information content (AvgIpc) is 3.77. The minimum Gasteiger partial charge on any atom is -0.457 e. The van der Waals surface area contributed by atoms with E-state index < -0.39 is 5.41 Å². The molecule has 0 N–H and O–H groups in total. The summed E-state index contributed by atoms with van der Waals surface area (Å²) in [5, 5.41) is 3.23. The van der Waals surface area contributed by atoms with Crippen LogP contribution in [0.25, 0.3) is 77.7 Å². The van der Waals surface area contributed by atoms with Gasteiger partial charge in [-0.3, -0.25) is 0 Å². The van der Waals surface area contributed by atoms with Crippen molar-refractivity contribution in [3.8, 4) is 56.4 Å². The van der Waals surface area contributed by atoms with Crippen molar-refractivity contribution >= 4 is 32.8 Å². The van der Waals surface area contributed by atoms with Crippen molar-refractivity contribution in [2.24, 2.45) is 0 Å². The molecule has 0 amide bonds. The van der Waals surface area contributed by atoms with Crippen LogP contribution in [0.2, 0.25) is 0 Å².